The van der Waals surface area contributed by atoms with E-state index in [1.54, 1.807) is 0 Å². The maximum Gasteiger partial charge on any atom is 0.193 e. The highest BCUT2D eigenvalue weighted by Gasteiger charge is 2.25. The molecule has 8 heteroatoms. The number of guanidine groups is 1. The zero-order valence-electron chi connectivity index (χ0n) is 17.3. The first kappa shape index (κ1) is 24.1. The van der Waals surface area contributed by atoms with Gasteiger partial charge in [0.1, 0.15) is 6.10 Å². The molecule has 1 aromatic heterocycles. The molecule has 3 rings (SSSR count). The number of aromatic nitrogens is 2. The number of morpholine rings is 1. The van der Waals surface area contributed by atoms with Gasteiger partial charge in [0, 0.05) is 43.4 Å². The van der Waals surface area contributed by atoms with Crippen LogP contribution < -0.4 is 5.32 Å². The van der Waals surface area contributed by atoms with E-state index in [0.717, 1.165) is 48.5 Å². The summed E-state index contributed by atoms with van der Waals surface area (Å²) in [4.78, 5) is 6.80. The van der Waals surface area contributed by atoms with Crippen molar-refractivity contribution >= 4 is 45.9 Å². The summed E-state index contributed by atoms with van der Waals surface area (Å²) >= 11 is 3.57. The van der Waals surface area contributed by atoms with E-state index >= 15 is 0 Å². The van der Waals surface area contributed by atoms with Gasteiger partial charge in [0.15, 0.2) is 5.96 Å². The van der Waals surface area contributed by atoms with Crippen LogP contribution in [0.25, 0.3) is 0 Å². The molecule has 2 aromatic rings. The highest BCUT2D eigenvalue weighted by molar-refractivity contribution is 14.0. The van der Waals surface area contributed by atoms with E-state index in [1.165, 1.54) is 5.56 Å². The zero-order chi connectivity index (χ0) is 19.9. The summed E-state index contributed by atoms with van der Waals surface area (Å²) in [6.45, 7) is 5.48. The molecule has 2 atom stereocenters. The number of benzene rings is 1. The Morgan fingerprint density at radius 2 is 2.28 bits per heavy atom. The molecule has 160 valence electrons. The van der Waals surface area contributed by atoms with Crippen molar-refractivity contribution in [2.45, 2.75) is 25.9 Å². The van der Waals surface area contributed by atoms with Crippen molar-refractivity contribution in [2.24, 2.45) is 18.0 Å². The molecular formula is C21H31BrIN5O. The predicted octanol–water partition coefficient (Wildman–Crippen LogP) is 4.02. The summed E-state index contributed by atoms with van der Waals surface area (Å²) < 4.78 is 8.91. The monoisotopic (exact) mass is 575 g/mol. The van der Waals surface area contributed by atoms with Gasteiger partial charge in [-0.1, -0.05) is 41.4 Å². The molecular weight excluding hydrogens is 545 g/mol. The minimum Gasteiger partial charge on any atom is -0.370 e. The van der Waals surface area contributed by atoms with Crippen molar-refractivity contribution < 1.29 is 4.74 Å². The molecule has 2 unspecified atom stereocenters. The van der Waals surface area contributed by atoms with Gasteiger partial charge in [0.25, 0.3) is 0 Å². The normalized spacial score (nSPS) is 18.3. The molecule has 0 spiro atoms. The van der Waals surface area contributed by atoms with Gasteiger partial charge in [-0.05, 0) is 30.0 Å². The topological polar surface area (TPSA) is 54.7 Å². The minimum atomic E-state index is 0. The smallest absolute Gasteiger partial charge is 0.193 e. The molecule has 1 aromatic carbocycles. The lowest BCUT2D eigenvalue weighted by Crippen LogP contribution is -2.49. The first-order chi connectivity index (χ1) is 13.6. The number of halogens is 2. The molecule has 0 bridgehead atoms. The number of nitrogens with one attached hydrogen (secondary N) is 1. The molecule has 2 heterocycles. The number of aliphatic imine (C=N–C) groups is 1. The third-order valence-corrected chi connectivity index (χ3v) is 5.71. The van der Waals surface area contributed by atoms with Crippen LogP contribution in [0.2, 0.25) is 0 Å². The Labute approximate surface area is 199 Å². The van der Waals surface area contributed by atoms with Crippen molar-refractivity contribution in [1.82, 2.24) is 20.0 Å². The zero-order valence-corrected chi connectivity index (χ0v) is 21.3. The summed E-state index contributed by atoms with van der Waals surface area (Å²) in [6, 6.07) is 8.58. The second kappa shape index (κ2) is 11.9. The Morgan fingerprint density at radius 3 is 2.93 bits per heavy atom. The van der Waals surface area contributed by atoms with Gasteiger partial charge in [-0.25, -0.2) is 0 Å². The van der Waals surface area contributed by atoms with Gasteiger partial charge in [-0.15, -0.1) is 24.0 Å². The molecule has 1 N–H and O–H groups in total. The van der Waals surface area contributed by atoms with Crippen LogP contribution in [-0.4, -0.2) is 53.9 Å². The molecule has 1 saturated heterocycles. The Balaban J connectivity index is 0.00000300. The lowest BCUT2D eigenvalue weighted by molar-refractivity contribution is -0.00808. The Kier molecular flexibility index (Phi) is 9.91. The average Bonchev–Trinajstić information content (AvgIpc) is 3.14. The number of hydrogen-bond donors (Lipinski definition) is 1. The van der Waals surface area contributed by atoms with E-state index in [0.29, 0.717) is 12.5 Å². The maximum absolute atomic E-state index is 5.96. The minimum absolute atomic E-state index is 0. The van der Waals surface area contributed by atoms with Crippen molar-refractivity contribution in [2.75, 3.05) is 33.3 Å². The van der Waals surface area contributed by atoms with Gasteiger partial charge >= 0.3 is 0 Å². The van der Waals surface area contributed by atoms with Gasteiger partial charge in [0.05, 0.1) is 19.3 Å². The summed E-state index contributed by atoms with van der Waals surface area (Å²) in [7, 11) is 3.78. The van der Waals surface area contributed by atoms with Crippen LogP contribution in [0.15, 0.2) is 46.1 Å². The van der Waals surface area contributed by atoms with Crippen LogP contribution in [0.5, 0.6) is 0 Å². The van der Waals surface area contributed by atoms with Gasteiger partial charge < -0.3 is 15.0 Å². The average molecular weight is 576 g/mol. The fourth-order valence-corrected chi connectivity index (χ4v) is 4.02. The summed E-state index contributed by atoms with van der Waals surface area (Å²) in [5.74, 6) is 1.51. The first-order valence-corrected chi connectivity index (χ1v) is 10.7. The van der Waals surface area contributed by atoms with Crippen molar-refractivity contribution in [3.8, 4) is 0 Å². The van der Waals surface area contributed by atoms with Crippen LogP contribution in [-0.2, 0) is 18.2 Å². The number of ether oxygens (including phenoxy) is 1. The van der Waals surface area contributed by atoms with Crippen LogP contribution >= 0.6 is 39.9 Å². The van der Waals surface area contributed by atoms with E-state index in [9.17, 15) is 0 Å². The van der Waals surface area contributed by atoms with Crippen molar-refractivity contribution in [3.63, 3.8) is 0 Å². The predicted molar refractivity (Wildman–Crippen MR) is 132 cm³/mol. The molecule has 29 heavy (non-hydrogen) atoms. The third kappa shape index (κ3) is 6.96. The van der Waals surface area contributed by atoms with Crippen LogP contribution in [0.1, 0.15) is 30.6 Å². The van der Waals surface area contributed by atoms with Crippen LogP contribution in [0, 0.1) is 5.92 Å². The van der Waals surface area contributed by atoms with Gasteiger partial charge in [-0.2, -0.15) is 5.10 Å². The Hall–Kier alpha value is -1.13. The Morgan fingerprint density at radius 1 is 1.45 bits per heavy atom. The first-order valence-electron chi connectivity index (χ1n) is 9.89. The van der Waals surface area contributed by atoms with Crippen molar-refractivity contribution in [1.29, 1.82) is 0 Å². The van der Waals surface area contributed by atoms with E-state index < -0.39 is 0 Å². The van der Waals surface area contributed by atoms with E-state index in [2.05, 4.69) is 67.4 Å². The molecule has 0 aliphatic carbocycles. The summed E-state index contributed by atoms with van der Waals surface area (Å²) in [5.41, 5.74) is 2.48. The molecule has 0 amide bonds. The number of rotatable bonds is 6. The standard InChI is InChI=1S/C21H30BrN5O.HI/c1-4-16(10-17-6-5-7-19(22)11-17)12-24-21(23-2)27-8-9-28-20(15-27)18-13-25-26(3)14-18;/h5-7,11,13-14,16,20H,4,8-10,12,15H2,1-3H3,(H,23,24);1H. The summed E-state index contributed by atoms with van der Waals surface area (Å²) in [5, 5.41) is 7.86. The van der Waals surface area contributed by atoms with Gasteiger partial charge in [-0.3, -0.25) is 9.67 Å². The van der Waals surface area contributed by atoms with E-state index in [1.807, 2.05) is 31.2 Å². The van der Waals surface area contributed by atoms with Crippen LogP contribution in [0.3, 0.4) is 0 Å². The highest BCUT2D eigenvalue weighted by Crippen LogP contribution is 2.22. The van der Waals surface area contributed by atoms with Crippen LogP contribution in [0.4, 0.5) is 0 Å². The number of aryl methyl sites for hydroxylation is 1. The maximum atomic E-state index is 5.96. The Bertz CT molecular complexity index is 797. The van der Waals surface area contributed by atoms with E-state index in [-0.39, 0.29) is 30.1 Å². The molecule has 1 aliphatic heterocycles. The largest absolute Gasteiger partial charge is 0.370 e. The number of hydrogen-bond acceptors (Lipinski definition) is 3. The number of nitrogens with zero attached hydrogens (tertiary/aromatic N) is 4. The fourth-order valence-electron chi connectivity index (χ4n) is 3.58. The van der Waals surface area contributed by atoms with E-state index in [4.69, 9.17) is 4.74 Å². The molecule has 1 aliphatic rings. The highest BCUT2D eigenvalue weighted by atomic mass is 127. The third-order valence-electron chi connectivity index (χ3n) is 5.21. The fraction of sp³-hybridized carbons (Fsp3) is 0.524. The molecule has 6 nitrogen and oxygen atoms in total. The second-order valence-corrected chi connectivity index (χ2v) is 8.20. The summed E-state index contributed by atoms with van der Waals surface area (Å²) in [6.07, 6.45) is 6.12. The molecule has 0 radical (unpaired) electrons. The second-order valence-electron chi connectivity index (χ2n) is 7.29. The SMILES string of the molecule is CCC(CNC(=NC)N1CCOC(c2cnn(C)c2)C1)Cc1cccc(Br)c1.I. The van der Waals surface area contributed by atoms with Crippen molar-refractivity contribution in [3.05, 3.63) is 52.3 Å². The van der Waals surface area contributed by atoms with Gasteiger partial charge in [0.2, 0.25) is 0 Å². The molecule has 1 fully saturated rings. The lowest BCUT2D eigenvalue weighted by Gasteiger charge is -2.35. The molecule has 0 saturated carbocycles. The lowest BCUT2D eigenvalue weighted by atomic mass is 9.97. The quantitative estimate of drug-likeness (QED) is 0.321.